The van der Waals surface area contributed by atoms with E-state index >= 15 is 0 Å². The second-order valence-electron chi connectivity index (χ2n) is 9.12. The molecule has 1 aromatic rings. The molecule has 0 heterocycles. The first-order valence-electron chi connectivity index (χ1n) is 10.0. The van der Waals surface area contributed by atoms with Gasteiger partial charge in [-0.1, -0.05) is 24.3 Å². The van der Waals surface area contributed by atoms with Gasteiger partial charge in [-0.25, -0.2) is 0 Å². The zero-order valence-corrected chi connectivity index (χ0v) is 17.4. The third-order valence-electron chi connectivity index (χ3n) is 7.28. The van der Waals surface area contributed by atoms with Crippen LogP contribution in [0.4, 0.5) is 0 Å². The van der Waals surface area contributed by atoms with Crippen molar-refractivity contribution < 1.29 is 34.2 Å². The fourth-order valence-electron chi connectivity index (χ4n) is 5.81. The van der Waals surface area contributed by atoms with Gasteiger partial charge in [-0.3, -0.25) is 28.9 Å². The Bertz CT molecular complexity index is 1050. The molecule has 0 bridgehead atoms. The number of hydrogen-bond donors (Lipinski definition) is 3. The number of Topliss-reactive ketones (excluding diaryl/α,β-unsaturated/α-hetero) is 4. The number of carbonyl (C=O) groups excluding carboxylic acids is 5. The van der Waals surface area contributed by atoms with E-state index in [1.165, 1.54) is 32.0 Å². The molecule has 3 aliphatic carbocycles. The molecule has 4 N–H and O–H groups in total. The number of fused-ring (bicyclic) bond motifs is 3. The maximum atomic E-state index is 13.6. The lowest BCUT2D eigenvalue weighted by molar-refractivity contribution is -0.188. The van der Waals surface area contributed by atoms with Gasteiger partial charge in [-0.05, 0) is 33.0 Å². The number of aliphatic hydroxyl groups is 2. The number of primary amides is 1. The number of carbonyl (C=O) groups is 5. The summed E-state index contributed by atoms with van der Waals surface area (Å²) in [6.45, 7) is 1.48. The number of nitrogens with two attached hydrogens (primary N) is 1. The van der Waals surface area contributed by atoms with Crippen LogP contribution in [-0.2, 0) is 24.8 Å². The molecule has 3 aliphatic rings. The SMILES string of the molecule is CN(C)[C@@H]1C(=O)C(C(N)=O)C(=O)[C@@]2(O)C(=O)C3C(=O)c4ccccc4C(C)(O)C3CC12. The lowest BCUT2D eigenvalue weighted by Gasteiger charge is -2.55. The maximum Gasteiger partial charge on any atom is 0.235 e. The van der Waals surface area contributed by atoms with Gasteiger partial charge in [-0.15, -0.1) is 0 Å². The Morgan fingerprint density at radius 3 is 2.26 bits per heavy atom. The van der Waals surface area contributed by atoms with Gasteiger partial charge < -0.3 is 15.9 Å². The van der Waals surface area contributed by atoms with Crippen molar-refractivity contribution in [2.75, 3.05) is 14.1 Å². The lowest BCUT2D eigenvalue weighted by atomic mass is 9.50. The van der Waals surface area contributed by atoms with Crippen molar-refractivity contribution in [3.8, 4) is 0 Å². The minimum atomic E-state index is -2.73. The van der Waals surface area contributed by atoms with Crippen molar-refractivity contribution in [3.05, 3.63) is 35.4 Å². The number of ketones is 4. The highest BCUT2D eigenvalue weighted by Gasteiger charge is 2.71. The zero-order chi connectivity index (χ0) is 23.0. The Morgan fingerprint density at radius 1 is 1.06 bits per heavy atom. The largest absolute Gasteiger partial charge is 0.385 e. The van der Waals surface area contributed by atoms with Crippen LogP contribution < -0.4 is 5.73 Å². The summed E-state index contributed by atoms with van der Waals surface area (Å²) in [5.74, 6) is -10.7. The smallest absolute Gasteiger partial charge is 0.235 e. The molecule has 0 saturated heterocycles. The maximum absolute atomic E-state index is 13.6. The molecule has 4 rings (SSSR count). The molecule has 0 spiro atoms. The summed E-state index contributed by atoms with van der Waals surface area (Å²) in [7, 11) is 3.04. The molecule has 0 aromatic heterocycles. The highest BCUT2D eigenvalue weighted by atomic mass is 16.3. The number of hydrogen-bond acceptors (Lipinski definition) is 8. The third-order valence-corrected chi connectivity index (χ3v) is 7.28. The summed E-state index contributed by atoms with van der Waals surface area (Å²) >= 11 is 0. The monoisotopic (exact) mass is 428 g/mol. The summed E-state index contributed by atoms with van der Waals surface area (Å²) in [6.07, 6.45) is -0.147. The number of rotatable bonds is 2. The fraction of sp³-hybridized carbons (Fsp3) is 0.500. The van der Waals surface area contributed by atoms with Crippen molar-refractivity contribution in [1.82, 2.24) is 4.90 Å². The summed E-state index contributed by atoms with van der Waals surface area (Å²) in [5.41, 5.74) is 1.41. The Balaban J connectivity index is 1.93. The molecule has 31 heavy (non-hydrogen) atoms. The van der Waals surface area contributed by atoms with Gasteiger partial charge in [0.05, 0.1) is 17.6 Å². The third kappa shape index (κ3) is 2.57. The zero-order valence-electron chi connectivity index (χ0n) is 17.4. The fourth-order valence-corrected chi connectivity index (χ4v) is 5.81. The van der Waals surface area contributed by atoms with Crippen LogP contribution in [-0.4, -0.2) is 69.9 Å². The molecule has 7 atom stereocenters. The van der Waals surface area contributed by atoms with Crippen molar-refractivity contribution in [2.24, 2.45) is 29.4 Å². The first-order valence-corrected chi connectivity index (χ1v) is 10.0. The number of nitrogens with zero attached hydrogens (tertiary/aromatic N) is 1. The molecule has 1 aromatic carbocycles. The molecule has 9 nitrogen and oxygen atoms in total. The molecular weight excluding hydrogens is 404 g/mol. The van der Waals surface area contributed by atoms with Gasteiger partial charge in [0.2, 0.25) is 5.91 Å². The highest BCUT2D eigenvalue weighted by Crippen LogP contribution is 2.54. The normalized spacial score (nSPS) is 39.7. The Hall–Kier alpha value is -2.75. The van der Waals surface area contributed by atoms with Gasteiger partial charge in [0.25, 0.3) is 0 Å². The van der Waals surface area contributed by atoms with Crippen molar-refractivity contribution in [1.29, 1.82) is 0 Å². The van der Waals surface area contributed by atoms with Crippen LogP contribution >= 0.6 is 0 Å². The van der Waals surface area contributed by atoms with Crippen LogP contribution in [0.25, 0.3) is 0 Å². The minimum Gasteiger partial charge on any atom is -0.385 e. The van der Waals surface area contributed by atoms with E-state index in [-0.39, 0.29) is 12.0 Å². The summed E-state index contributed by atoms with van der Waals surface area (Å²) in [4.78, 5) is 66.3. The van der Waals surface area contributed by atoms with Crippen LogP contribution in [0, 0.1) is 23.7 Å². The Kier molecular flexibility index (Phi) is 4.59. The van der Waals surface area contributed by atoms with E-state index in [0.29, 0.717) is 5.56 Å². The van der Waals surface area contributed by atoms with E-state index < -0.39 is 70.0 Å². The molecule has 2 saturated carbocycles. The van der Waals surface area contributed by atoms with Crippen molar-refractivity contribution in [3.63, 3.8) is 0 Å². The van der Waals surface area contributed by atoms with E-state index in [2.05, 4.69) is 0 Å². The summed E-state index contributed by atoms with van der Waals surface area (Å²) < 4.78 is 0. The molecule has 164 valence electrons. The molecule has 5 unspecified atom stereocenters. The Labute approximate surface area is 178 Å². The predicted molar refractivity (Wildman–Crippen MR) is 106 cm³/mol. The standard InChI is InChI=1S/C22H24N2O7/c1-21(30)10-7-5-4-6-9(10)16(25)13-11(21)8-12-15(24(2)3)17(26)14(20(23)29)19(28)22(12,31)18(13)27/h4-7,11-15,30-31H,8H2,1-3H3,(H2,23,29)/t11?,12?,13?,14?,15-,21?,22-/m0/s1. The molecule has 2 fully saturated rings. The summed E-state index contributed by atoms with van der Waals surface area (Å²) in [6, 6.07) is 5.15. The predicted octanol–water partition coefficient (Wildman–Crippen LogP) is -1.17. The van der Waals surface area contributed by atoms with E-state index in [4.69, 9.17) is 5.73 Å². The first-order chi connectivity index (χ1) is 14.4. The molecule has 0 radical (unpaired) electrons. The quantitative estimate of drug-likeness (QED) is 0.498. The summed E-state index contributed by atoms with van der Waals surface area (Å²) in [5, 5.41) is 22.8. The van der Waals surface area contributed by atoms with Crippen LogP contribution in [0.1, 0.15) is 29.3 Å². The minimum absolute atomic E-state index is 0.138. The molecular formula is C22H24N2O7. The average Bonchev–Trinajstić information content (AvgIpc) is 2.68. The number of benzene rings is 1. The molecule has 0 aliphatic heterocycles. The highest BCUT2D eigenvalue weighted by molar-refractivity contribution is 6.32. The second-order valence-corrected chi connectivity index (χ2v) is 9.12. The topological polar surface area (TPSA) is 155 Å². The van der Waals surface area contributed by atoms with Gasteiger partial charge in [0.15, 0.2) is 34.7 Å². The van der Waals surface area contributed by atoms with E-state index in [9.17, 15) is 34.2 Å². The van der Waals surface area contributed by atoms with Crippen LogP contribution in [0.15, 0.2) is 24.3 Å². The van der Waals surface area contributed by atoms with E-state index in [1.807, 2.05) is 0 Å². The lowest BCUT2D eigenvalue weighted by Crippen LogP contribution is -2.75. The van der Waals surface area contributed by atoms with Gasteiger partial charge >= 0.3 is 0 Å². The van der Waals surface area contributed by atoms with Crippen LogP contribution in [0.3, 0.4) is 0 Å². The van der Waals surface area contributed by atoms with Gasteiger partial charge in [0, 0.05) is 17.4 Å². The molecule has 1 amide bonds. The molecule has 9 heteroatoms. The van der Waals surface area contributed by atoms with E-state index in [1.54, 1.807) is 18.2 Å². The average molecular weight is 428 g/mol. The van der Waals surface area contributed by atoms with Crippen molar-refractivity contribution in [2.45, 2.75) is 30.6 Å². The van der Waals surface area contributed by atoms with Crippen LogP contribution in [0.2, 0.25) is 0 Å². The number of amides is 1. The first kappa shape index (κ1) is 21.5. The van der Waals surface area contributed by atoms with Crippen molar-refractivity contribution >= 4 is 29.0 Å². The van der Waals surface area contributed by atoms with Gasteiger partial charge in [-0.2, -0.15) is 0 Å². The second kappa shape index (κ2) is 6.62. The number of likely N-dealkylation sites (N-methyl/N-ethyl adjacent to an activating group) is 1. The van der Waals surface area contributed by atoms with Crippen LogP contribution in [0.5, 0.6) is 0 Å². The van der Waals surface area contributed by atoms with Gasteiger partial charge in [0.1, 0.15) is 0 Å². The Morgan fingerprint density at radius 2 is 1.68 bits per heavy atom. The van der Waals surface area contributed by atoms with E-state index in [0.717, 1.165) is 0 Å².